The smallest absolute Gasteiger partial charge is 0.228 e. The van der Waals surface area contributed by atoms with Crippen LogP contribution in [0.2, 0.25) is 0 Å². The average molecular weight is 354 g/mol. The summed E-state index contributed by atoms with van der Waals surface area (Å²) < 4.78 is 32.1. The molecule has 0 atom stereocenters. The van der Waals surface area contributed by atoms with E-state index < -0.39 is 11.6 Å². The number of hydrogen-bond acceptors (Lipinski definition) is 3. The van der Waals surface area contributed by atoms with Crippen LogP contribution in [0.15, 0.2) is 67.0 Å². The summed E-state index contributed by atoms with van der Waals surface area (Å²) in [7, 11) is 0. The topological polar surface area (TPSA) is 51.2 Å². The molecule has 4 nitrogen and oxygen atoms in total. The summed E-state index contributed by atoms with van der Waals surface area (Å²) in [5.41, 5.74) is 1.73. The van der Waals surface area contributed by atoms with Crippen LogP contribution in [0, 0.1) is 11.6 Å². The number of amides is 1. The molecule has 0 spiro atoms. The molecule has 1 N–H and O–H groups in total. The maximum atomic E-state index is 13.2. The molecule has 0 radical (unpaired) electrons. The van der Waals surface area contributed by atoms with Crippen molar-refractivity contribution >= 4 is 11.6 Å². The molecule has 6 heteroatoms. The third-order valence-electron chi connectivity index (χ3n) is 3.53. The Morgan fingerprint density at radius 3 is 2.54 bits per heavy atom. The van der Waals surface area contributed by atoms with Gasteiger partial charge in [-0.25, -0.2) is 8.78 Å². The normalized spacial score (nSPS) is 10.4. The van der Waals surface area contributed by atoms with Gasteiger partial charge in [-0.2, -0.15) is 0 Å². The molecule has 1 aromatic heterocycles. The highest BCUT2D eigenvalue weighted by atomic mass is 19.1. The number of pyridine rings is 1. The summed E-state index contributed by atoms with van der Waals surface area (Å²) in [4.78, 5) is 16.1. The Labute approximate surface area is 149 Å². The molecular formula is C20H16F2N2O2. The molecule has 0 fully saturated rings. The van der Waals surface area contributed by atoms with Crippen LogP contribution < -0.4 is 10.1 Å². The van der Waals surface area contributed by atoms with E-state index in [1.54, 1.807) is 36.7 Å². The summed E-state index contributed by atoms with van der Waals surface area (Å²) in [5.74, 6) is -1.21. The van der Waals surface area contributed by atoms with Crippen molar-refractivity contribution in [2.24, 2.45) is 0 Å². The second-order valence-electron chi connectivity index (χ2n) is 5.68. The minimum absolute atomic E-state index is 0.130. The summed E-state index contributed by atoms with van der Waals surface area (Å²) in [6.45, 7) is 0.355. The molecule has 26 heavy (non-hydrogen) atoms. The molecule has 2 aromatic carbocycles. The predicted octanol–water partition coefficient (Wildman–Crippen LogP) is 4.12. The third kappa shape index (κ3) is 5.11. The zero-order valence-electron chi connectivity index (χ0n) is 13.8. The van der Waals surface area contributed by atoms with Gasteiger partial charge in [0.2, 0.25) is 5.91 Å². The lowest BCUT2D eigenvalue weighted by Crippen LogP contribution is -2.14. The van der Waals surface area contributed by atoms with Gasteiger partial charge in [-0.1, -0.05) is 12.1 Å². The quantitative estimate of drug-likeness (QED) is 0.724. The number of aromatic nitrogens is 1. The van der Waals surface area contributed by atoms with E-state index in [1.165, 1.54) is 0 Å². The van der Waals surface area contributed by atoms with Crippen molar-refractivity contribution in [2.45, 2.75) is 13.0 Å². The Hall–Kier alpha value is -3.28. The largest absolute Gasteiger partial charge is 0.489 e. The van der Waals surface area contributed by atoms with Crippen molar-refractivity contribution in [3.63, 3.8) is 0 Å². The van der Waals surface area contributed by atoms with E-state index >= 15 is 0 Å². The first kappa shape index (κ1) is 17.5. The Morgan fingerprint density at radius 1 is 1.00 bits per heavy atom. The fraction of sp³-hybridized carbons (Fsp3) is 0.100. The van der Waals surface area contributed by atoms with Crippen molar-refractivity contribution in [2.75, 3.05) is 5.32 Å². The number of benzene rings is 2. The van der Waals surface area contributed by atoms with Crippen LogP contribution in [0.1, 0.15) is 11.1 Å². The fourth-order valence-corrected chi connectivity index (χ4v) is 2.42. The molecule has 132 valence electrons. The van der Waals surface area contributed by atoms with E-state index in [9.17, 15) is 13.6 Å². The Bertz CT molecular complexity index is 881. The lowest BCUT2D eigenvalue weighted by molar-refractivity contribution is -0.115. The molecule has 0 aliphatic carbocycles. The molecule has 3 aromatic rings. The third-order valence-corrected chi connectivity index (χ3v) is 3.53. The second kappa shape index (κ2) is 8.20. The lowest BCUT2D eigenvalue weighted by atomic mass is 10.1. The van der Waals surface area contributed by atoms with Crippen molar-refractivity contribution in [3.05, 3.63) is 89.8 Å². The molecule has 1 heterocycles. The van der Waals surface area contributed by atoms with Crippen molar-refractivity contribution in [3.8, 4) is 5.75 Å². The van der Waals surface area contributed by atoms with Crippen molar-refractivity contribution in [1.29, 1.82) is 0 Å². The minimum atomic E-state index is -0.710. The number of halogens is 2. The highest BCUT2D eigenvalue weighted by molar-refractivity contribution is 5.92. The highest BCUT2D eigenvalue weighted by Gasteiger charge is 2.08. The van der Waals surface area contributed by atoms with Crippen LogP contribution in [0.5, 0.6) is 5.75 Å². The first-order valence-electron chi connectivity index (χ1n) is 7.95. The van der Waals surface area contributed by atoms with Crippen LogP contribution in [0.4, 0.5) is 14.5 Å². The second-order valence-corrected chi connectivity index (χ2v) is 5.68. The van der Waals surface area contributed by atoms with Gasteiger partial charge < -0.3 is 10.1 Å². The maximum absolute atomic E-state index is 13.2. The number of anilines is 1. The monoisotopic (exact) mass is 354 g/mol. The SMILES string of the molecule is O=C(Cc1cc(F)cc(F)c1)Nc1cccc(OCc2cccnc2)c1. The molecular weight excluding hydrogens is 338 g/mol. The Kier molecular flexibility index (Phi) is 5.53. The number of rotatable bonds is 6. The van der Waals surface area contributed by atoms with Gasteiger partial charge in [-0.3, -0.25) is 9.78 Å². The number of nitrogens with zero attached hydrogens (tertiary/aromatic N) is 1. The van der Waals surface area contributed by atoms with Crippen LogP contribution in [-0.4, -0.2) is 10.9 Å². The zero-order chi connectivity index (χ0) is 18.4. The van der Waals surface area contributed by atoms with E-state index in [-0.39, 0.29) is 17.9 Å². The molecule has 0 saturated heterocycles. The Morgan fingerprint density at radius 2 is 1.81 bits per heavy atom. The van der Waals surface area contributed by atoms with E-state index in [4.69, 9.17) is 4.74 Å². The van der Waals surface area contributed by atoms with Gasteiger partial charge in [0.15, 0.2) is 0 Å². The number of nitrogens with one attached hydrogen (secondary N) is 1. The van der Waals surface area contributed by atoms with E-state index in [0.717, 1.165) is 23.8 Å². The first-order chi connectivity index (χ1) is 12.6. The molecule has 1 amide bonds. The van der Waals surface area contributed by atoms with Gasteiger partial charge >= 0.3 is 0 Å². The molecule has 0 aliphatic rings. The first-order valence-corrected chi connectivity index (χ1v) is 7.95. The van der Waals surface area contributed by atoms with Gasteiger partial charge in [0, 0.05) is 35.8 Å². The number of hydrogen-bond donors (Lipinski definition) is 1. The Balaban J connectivity index is 1.60. The number of carbonyl (C=O) groups is 1. The maximum Gasteiger partial charge on any atom is 0.228 e. The van der Waals surface area contributed by atoms with Crippen molar-refractivity contribution < 1.29 is 18.3 Å². The van der Waals surface area contributed by atoms with Crippen LogP contribution >= 0.6 is 0 Å². The van der Waals surface area contributed by atoms with E-state index in [0.29, 0.717) is 18.0 Å². The molecule has 0 aliphatic heterocycles. The number of ether oxygens (including phenoxy) is 1. The molecule has 0 bridgehead atoms. The van der Waals surface area contributed by atoms with E-state index in [1.807, 2.05) is 12.1 Å². The van der Waals surface area contributed by atoms with Gasteiger partial charge in [-0.15, -0.1) is 0 Å². The standard InChI is InChI=1S/C20H16F2N2O2/c21-16-7-15(8-17(22)10-16)9-20(25)24-18-4-1-5-19(11-18)26-13-14-3-2-6-23-12-14/h1-8,10-12H,9,13H2,(H,24,25). The summed E-state index contributed by atoms with van der Waals surface area (Å²) in [6, 6.07) is 13.7. The molecule has 3 rings (SSSR count). The van der Waals surface area contributed by atoms with Gasteiger partial charge in [0.05, 0.1) is 6.42 Å². The summed E-state index contributed by atoms with van der Waals surface area (Å²) >= 11 is 0. The molecule has 0 saturated carbocycles. The summed E-state index contributed by atoms with van der Waals surface area (Å²) in [6.07, 6.45) is 3.27. The summed E-state index contributed by atoms with van der Waals surface area (Å²) in [5, 5.41) is 2.69. The van der Waals surface area contributed by atoms with Gasteiger partial charge in [0.25, 0.3) is 0 Å². The predicted molar refractivity (Wildman–Crippen MR) is 93.7 cm³/mol. The van der Waals surface area contributed by atoms with E-state index in [2.05, 4.69) is 10.3 Å². The zero-order valence-corrected chi connectivity index (χ0v) is 13.8. The van der Waals surface area contributed by atoms with Crippen LogP contribution in [0.3, 0.4) is 0 Å². The lowest BCUT2D eigenvalue weighted by Gasteiger charge is -2.09. The average Bonchev–Trinajstić information content (AvgIpc) is 2.60. The molecule has 0 unspecified atom stereocenters. The minimum Gasteiger partial charge on any atom is -0.489 e. The van der Waals surface area contributed by atoms with Gasteiger partial charge in [-0.05, 0) is 35.9 Å². The number of carbonyl (C=O) groups excluding carboxylic acids is 1. The van der Waals surface area contributed by atoms with Crippen molar-refractivity contribution in [1.82, 2.24) is 4.98 Å². The van der Waals surface area contributed by atoms with Gasteiger partial charge in [0.1, 0.15) is 24.0 Å². The van der Waals surface area contributed by atoms with Crippen LogP contribution in [-0.2, 0) is 17.8 Å². The highest BCUT2D eigenvalue weighted by Crippen LogP contribution is 2.19. The van der Waals surface area contributed by atoms with Crippen LogP contribution in [0.25, 0.3) is 0 Å². The fourth-order valence-electron chi connectivity index (χ4n) is 2.42.